The zero-order valence-electron chi connectivity index (χ0n) is 13.2. The molecule has 7 heteroatoms. The van der Waals surface area contributed by atoms with Gasteiger partial charge in [0, 0.05) is 19.6 Å². The molecule has 118 valence electrons. The summed E-state index contributed by atoms with van der Waals surface area (Å²) in [6.45, 7) is 7.98. The maximum atomic E-state index is 5.37. The van der Waals surface area contributed by atoms with Crippen molar-refractivity contribution in [1.29, 1.82) is 0 Å². The average Bonchev–Trinajstić information content (AvgIpc) is 2.48. The first-order valence-electron chi connectivity index (χ1n) is 7.76. The number of piperidine rings is 1. The standard InChI is InChI=1S/C14H26N6O/c1-4-21-14-18-12(15-3)17-13(19-14)16-11(2)10-20-8-6-5-7-9-20/h11H,4-10H2,1-3H3,(H2,15,16,17,18,19). The highest BCUT2D eigenvalue weighted by Gasteiger charge is 2.15. The molecule has 2 N–H and O–H groups in total. The summed E-state index contributed by atoms with van der Waals surface area (Å²) in [6.07, 6.45) is 3.96. The zero-order chi connectivity index (χ0) is 15.1. The summed E-state index contributed by atoms with van der Waals surface area (Å²) in [7, 11) is 1.78. The first kappa shape index (κ1) is 15.8. The maximum absolute atomic E-state index is 5.37. The van der Waals surface area contributed by atoms with Crippen LogP contribution < -0.4 is 15.4 Å². The second kappa shape index (κ2) is 7.97. The molecule has 21 heavy (non-hydrogen) atoms. The van der Waals surface area contributed by atoms with Crippen LogP contribution in [0, 0.1) is 0 Å². The fourth-order valence-corrected chi connectivity index (χ4v) is 2.52. The molecule has 1 atom stereocenters. The molecule has 1 aliphatic rings. The predicted octanol–water partition coefficient (Wildman–Crippen LogP) is 1.60. The third kappa shape index (κ3) is 5.00. The Morgan fingerprint density at radius 1 is 1.14 bits per heavy atom. The molecule has 1 aromatic rings. The van der Waals surface area contributed by atoms with Crippen molar-refractivity contribution >= 4 is 11.9 Å². The van der Waals surface area contributed by atoms with E-state index in [0.29, 0.717) is 24.5 Å². The van der Waals surface area contributed by atoms with Crippen LogP contribution in [0.4, 0.5) is 11.9 Å². The van der Waals surface area contributed by atoms with Gasteiger partial charge in [-0.3, -0.25) is 0 Å². The van der Waals surface area contributed by atoms with Crippen LogP contribution >= 0.6 is 0 Å². The van der Waals surface area contributed by atoms with Gasteiger partial charge < -0.3 is 20.3 Å². The van der Waals surface area contributed by atoms with Gasteiger partial charge in [-0.15, -0.1) is 0 Å². The number of anilines is 2. The van der Waals surface area contributed by atoms with Gasteiger partial charge in [-0.25, -0.2) is 0 Å². The lowest BCUT2D eigenvalue weighted by Crippen LogP contribution is -2.38. The smallest absolute Gasteiger partial charge is 0.323 e. The summed E-state index contributed by atoms with van der Waals surface area (Å²) < 4.78 is 5.37. The summed E-state index contributed by atoms with van der Waals surface area (Å²) in [6, 6.07) is 0.634. The van der Waals surface area contributed by atoms with Gasteiger partial charge in [0.25, 0.3) is 0 Å². The van der Waals surface area contributed by atoms with Gasteiger partial charge >= 0.3 is 6.01 Å². The number of nitrogens with zero attached hydrogens (tertiary/aromatic N) is 4. The largest absolute Gasteiger partial charge is 0.464 e. The molecule has 2 rings (SSSR count). The molecule has 1 fully saturated rings. The minimum atomic E-state index is 0.282. The van der Waals surface area contributed by atoms with E-state index in [0.717, 1.165) is 6.54 Å². The van der Waals surface area contributed by atoms with E-state index in [4.69, 9.17) is 4.74 Å². The van der Waals surface area contributed by atoms with Gasteiger partial charge in [0.05, 0.1) is 6.61 Å². The van der Waals surface area contributed by atoms with Gasteiger partial charge in [-0.05, 0) is 39.8 Å². The van der Waals surface area contributed by atoms with Gasteiger partial charge in [-0.2, -0.15) is 15.0 Å². The van der Waals surface area contributed by atoms with Gasteiger partial charge in [-0.1, -0.05) is 6.42 Å². The summed E-state index contributed by atoms with van der Waals surface area (Å²) in [5.74, 6) is 1.07. The first-order chi connectivity index (χ1) is 10.2. The summed E-state index contributed by atoms with van der Waals surface area (Å²) in [5.41, 5.74) is 0. The molecule has 2 heterocycles. The molecule has 0 amide bonds. The molecule has 0 radical (unpaired) electrons. The highest BCUT2D eigenvalue weighted by molar-refractivity contribution is 5.36. The second-order valence-electron chi connectivity index (χ2n) is 5.35. The molecule has 1 saturated heterocycles. The van der Waals surface area contributed by atoms with E-state index in [1.807, 2.05) is 6.92 Å². The minimum Gasteiger partial charge on any atom is -0.464 e. The topological polar surface area (TPSA) is 75.2 Å². The van der Waals surface area contributed by atoms with Crippen LogP contribution in [0.2, 0.25) is 0 Å². The Morgan fingerprint density at radius 3 is 2.52 bits per heavy atom. The Kier molecular flexibility index (Phi) is 5.98. The molecule has 7 nitrogen and oxygen atoms in total. The van der Waals surface area contributed by atoms with Crippen molar-refractivity contribution in [2.45, 2.75) is 39.2 Å². The number of rotatable bonds is 7. The summed E-state index contributed by atoms with van der Waals surface area (Å²) >= 11 is 0. The summed E-state index contributed by atoms with van der Waals surface area (Å²) in [4.78, 5) is 15.3. The fraction of sp³-hybridized carbons (Fsp3) is 0.786. The molecule has 1 unspecified atom stereocenters. The Morgan fingerprint density at radius 2 is 1.86 bits per heavy atom. The van der Waals surface area contributed by atoms with E-state index in [1.165, 1.54) is 32.4 Å². The fourth-order valence-electron chi connectivity index (χ4n) is 2.52. The third-order valence-corrected chi connectivity index (χ3v) is 3.47. The van der Waals surface area contributed by atoms with E-state index in [9.17, 15) is 0 Å². The van der Waals surface area contributed by atoms with Crippen molar-refractivity contribution in [3.8, 4) is 6.01 Å². The highest BCUT2D eigenvalue weighted by Crippen LogP contribution is 2.13. The lowest BCUT2D eigenvalue weighted by molar-refractivity contribution is 0.223. The SMILES string of the molecule is CCOc1nc(NC)nc(NC(C)CN2CCCCC2)n1. The molecule has 0 saturated carbocycles. The Bertz CT molecular complexity index is 435. The monoisotopic (exact) mass is 294 g/mol. The molecule has 1 aliphatic heterocycles. The van der Waals surface area contributed by atoms with Crippen molar-refractivity contribution in [3.05, 3.63) is 0 Å². The van der Waals surface area contributed by atoms with Crippen LogP contribution in [0.15, 0.2) is 0 Å². The van der Waals surface area contributed by atoms with Gasteiger partial charge in [0.1, 0.15) is 0 Å². The highest BCUT2D eigenvalue weighted by atomic mass is 16.5. The number of aromatic nitrogens is 3. The van der Waals surface area contributed by atoms with Crippen molar-refractivity contribution in [2.24, 2.45) is 0 Å². The first-order valence-corrected chi connectivity index (χ1v) is 7.76. The molecule has 0 bridgehead atoms. The normalized spacial score (nSPS) is 17.3. The molecule has 1 aromatic heterocycles. The Labute approximate surface area is 126 Å². The van der Waals surface area contributed by atoms with Crippen LogP contribution in [0.5, 0.6) is 6.01 Å². The second-order valence-corrected chi connectivity index (χ2v) is 5.35. The number of likely N-dealkylation sites (tertiary alicyclic amines) is 1. The Hall–Kier alpha value is -1.63. The van der Waals surface area contributed by atoms with Gasteiger partial charge in [0.2, 0.25) is 11.9 Å². The van der Waals surface area contributed by atoms with Crippen LogP contribution in [0.1, 0.15) is 33.1 Å². The molecular weight excluding hydrogens is 268 g/mol. The van der Waals surface area contributed by atoms with Crippen LogP contribution in [0.3, 0.4) is 0 Å². The zero-order valence-corrected chi connectivity index (χ0v) is 13.2. The number of ether oxygens (including phenoxy) is 1. The van der Waals surface area contributed by atoms with E-state index in [1.54, 1.807) is 7.05 Å². The van der Waals surface area contributed by atoms with E-state index < -0.39 is 0 Å². The predicted molar refractivity (Wildman–Crippen MR) is 83.9 cm³/mol. The van der Waals surface area contributed by atoms with Crippen LogP contribution in [0.25, 0.3) is 0 Å². The maximum Gasteiger partial charge on any atom is 0.323 e. The van der Waals surface area contributed by atoms with Crippen molar-refractivity contribution in [3.63, 3.8) is 0 Å². The average molecular weight is 294 g/mol. The lowest BCUT2D eigenvalue weighted by atomic mass is 10.1. The Balaban J connectivity index is 1.95. The minimum absolute atomic E-state index is 0.282. The lowest BCUT2D eigenvalue weighted by Gasteiger charge is -2.29. The number of nitrogens with one attached hydrogen (secondary N) is 2. The molecular formula is C14H26N6O. The molecule has 0 aliphatic carbocycles. The third-order valence-electron chi connectivity index (χ3n) is 3.47. The van der Waals surface area contributed by atoms with Crippen molar-refractivity contribution in [1.82, 2.24) is 19.9 Å². The van der Waals surface area contributed by atoms with E-state index >= 15 is 0 Å². The molecule has 0 spiro atoms. The van der Waals surface area contributed by atoms with E-state index in [2.05, 4.69) is 37.4 Å². The summed E-state index contributed by atoms with van der Waals surface area (Å²) in [5, 5.41) is 6.27. The van der Waals surface area contributed by atoms with E-state index in [-0.39, 0.29) is 6.04 Å². The van der Waals surface area contributed by atoms with Crippen LogP contribution in [-0.2, 0) is 0 Å². The quantitative estimate of drug-likeness (QED) is 0.791. The van der Waals surface area contributed by atoms with Crippen molar-refractivity contribution in [2.75, 3.05) is 43.9 Å². The van der Waals surface area contributed by atoms with Crippen LogP contribution in [-0.4, -0.2) is 59.2 Å². The molecule has 0 aromatic carbocycles. The van der Waals surface area contributed by atoms with Crippen molar-refractivity contribution < 1.29 is 4.74 Å². The number of hydrogen-bond acceptors (Lipinski definition) is 7. The number of hydrogen-bond donors (Lipinski definition) is 2. The van der Waals surface area contributed by atoms with Gasteiger partial charge in [0.15, 0.2) is 0 Å².